The Morgan fingerprint density at radius 1 is 0.828 bits per heavy atom. The van der Waals surface area contributed by atoms with Crippen molar-refractivity contribution in [3.05, 3.63) is 48.0 Å². The van der Waals surface area contributed by atoms with E-state index in [1.54, 1.807) is 30.3 Å². The monoisotopic (exact) mass is 411 g/mol. The SMILES string of the molecule is NC(=O)CCCCCCC/C=C\CCCCCCC(c1ccccc1)C(F)(F)F. The highest BCUT2D eigenvalue weighted by Gasteiger charge is 2.39. The first-order valence-corrected chi connectivity index (χ1v) is 11.0. The van der Waals surface area contributed by atoms with Crippen LogP contribution in [0.25, 0.3) is 0 Å². The number of carbonyl (C=O) groups is 1. The molecule has 0 aromatic heterocycles. The minimum atomic E-state index is -4.17. The van der Waals surface area contributed by atoms with Crippen molar-refractivity contribution in [3.63, 3.8) is 0 Å². The van der Waals surface area contributed by atoms with Gasteiger partial charge in [0, 0.05) is 6.42 Å². The van der Waals surface area contributed by atoms with Gasteiger partial charge < -0.3 is 5.73 Å². The standard InChI is InChI=1S/C24H36F3NO/c25-24(26,27)22(21-17-13-12-14-18-21)19-15-10-8-6-4-2-1-3-5-7-9-11-16-20-23(28)29/h1-2,12-14,17-18,22H,3-11,15-16,19-20H2,(H2,28,29)/b2-1-. The fourth-order valence-corrected chi connectivity index (χ4v) is 3.50. The number of alkyl halides is 3. The molecule has 164 valence electrons. The van der Waals surface area contributed by atoms with Gasteiger partial charge in [-0.1, -0.05) is 81.0 Å². The fraction of sp³-hybridized carbons (Fsp3) is 0.625. The van der Waals surface area contributed by atoms with E-state index in [1.807, 2.05) is 0 Å². The van der Waals surface area contributed by atoms with Gasteiger partial charge in [-0.25, -0.2) is 0 Å². The van der Waals surface area contributed by atoms with Crippen LogP contribution in [0.2, 0.25) is 0 Å². The van der Waals surface area contributed by atoms with E-state index in [0.29, 0.717) is 18.4 Å². The molecule has 0 radical (unpaired) electrons. The van der Waals surface area contributed by atoms with Gasteiger partial charge >= 0.3 is 6.18 Å². The van der Waals surface area contributed by atoms with Gasteiger partial charge in [-0.15, -0.1) is 0 Å². The van der Waals surface area contributed by atoms with Crippen LogP contribution >= 0.6 is 0 Å². The first kappa shape index (κ1) is 25.3. The van der Waals surface area contributed by atoms with Crippen LogP contribution in [-0.2, 0) is 4.79 Å². The highest BCUT2D eigenvalue weighted by Crippen LogP contribution is 2.38. The van der Waals surface area contributed by atoms with Crippen LogP contribution in [-0.4, -0.2) is 12.1 Å². The highest BCUT2D eigenvalue weighted by molar-refractivity contribution is 5.73. The molecule has 0 aliphatic heterocycles. The van der Waals surface area contributed by atoms with Gasteiger partial charge in [0.2, 0.25) is 5.91 Å². The number of hydrogen-bond acceptors (Lipinski definition) is 1. The summed E-state index contributed by atoms with van der Waals surface area (Å²) in [6.45, 7) is 0. The van der Waals surface area contributed by atoms with Crippen molar-refractivity contribution in [1.29, 1.82) is 0 Å². The van der Waals surface area contributed by atoms with Crippen LogP contribution in [0, 0.1) is 0 Å². The number of primary amides is 1. The van der Waals surface area contributed by atoms with Crippen molar-refractivity contribution in [2.24, 2.45) is 5.73 Å². The highest BCUT2D eigenvalue weighted by atomic mass is 19.4. The number of rotatable bonds is 16. The molecule has 0 bridgehead atoms. The maximum Gasteiger partial charge on any atom is 0.395 e. The van der Waals surface area contributed by atoms with Crippen molar-refractivity contribution in [3.8, 4) is 0 Å². The molecule has 1 aromatic carbocycles. The Bertz CT molecular complexity index is 569. The molecule has 0 spiro atoms. The van der Waals surface area contributed by atoms with Crippen molar-refractivity contribution in [1.82, 2.24) is 0 Å². The number of unbranched alkanes of at least 4 members (excludes halogenated alkanes) is 9. The smallest absolute Gasteiger partial charge is 0.370 e. The van der Waals surface area contributed by atoms with E-state index in [0.717, 1.165) is 57.8 Å². The quantitative estimate of drug-likeness (QED) is 0.223. The van der Waals surface area contributed by atoms with Gasteiger partial charge in [0.15, 0.2) is 0 Å². The molecule has 1 atom stereocenters. The molecule has 0 heterocycles. The number of halogens is 3. The Hall–Kier alpha value is -1.78. The van der Waals surface area contributed by atoms with E-state index in [-0.39, 0.29) is 12.3 Å². The zero-order valence-electron chi connectivity index (χ0n) is 17.4. The van der Waals surface area contributed by atoms with Gasteiger partial charge in [-0.2, -0.15) is 13.2 Å². The summed E-state index contributed by atoms with van der Waals surface area (Å²) in [6.07, 6.45) is 11.8. The van der Waals surface area contributed by atoms with Crippen LogP contribution in [0.5, 0.6) is 0 Å². The van der Waals surface area contributed by atoms with Gasteiger partial charge in [-0.3, -0.25) is 4.79 Å². The molecule has 0 aliphatic rings. The number of amides is 1. The number of carbonyl (C=O) groups excluding carboxylic acids is 1. The molecular weight excluding hydrogens is 375 g/mol. The van der Waals surface area contributed by atoms with E-state index in [1.165, 1.54) is 6.42 Å². The summed E-state index contributed by atoms with van der Waals surface area (Å²) in [5, 5.41) is 0. The number of benzene rings is 1. The molecule has 0 fully saturated rings. The van der Waals surface area contributed by atoms with E-state index in [4.69, 9.17) is 5.73 Å². The lowest BCUT2D eigenvalue weighted by molar-refractivity contribution is -0.152. The van der Waals surface area contributed by atoms with Gasteiger partial charge in [0.1, 0.15) is 0 Å². The maximum atomic E-state index is 13.3. The summed E-state index contributed by atoms with van der Waals surface area (Å²) in [5.41, 5.74) is 5.47. The molecule has 0 aliphatic carbocycles. The lowest BCUT2D eigenvalue weighted by atomic mass is 9.92. The molecule has 29 heavy (non-hydrogen) atoms. The summed E-state index contributed by atoms with van der Waals surface area (Å²) in [7, 11) is 0. The zero-order valence-corrected chi connectivity index (χ0v) is 17.4. The second-order valence-corrected chi connectivity index (χ2v) is 7.74. The summed E-state index contributed by atoms with van der Waals surface area (Å²) >= 11 is 0. The largest absolute Gasteiger partial charge is 0.395 e. The van der Waals surface area contributed by atoms with Crippen LogP contribution in [0.1, 0.15) is 95.0 Å². The van der Waals surface area contributed by atoms with Crippen molar-refractivity contribution >= 4 is 5.91 Å². The Morgan fingerprint density at radius 3 is 1.90 bits per heavy atom. The second-order valence-electron chi connectivity index (χ2n) is 7.74. The number of nitrogens with two attached hydrogens (primary N) is 1. The van der Waals surface area contributed by atoms with Crippen molar-refractivity contribution in [2.45, 2.75) is 95.6 Å². The van der Waals surface area contributed by atoms with Gasteiger partial charge in [0.05, 0.1) is 5.92 Å². The minimum Gasteiger partial charge on any atom is -0.370 e. The molecule has 1 rings (SSSR count). The third-order valence-electron chi connectivity index (χ3n) is 5.17. The van der Waals surface area contributed by atoms with Crippen LogP contribution in [0.3, 0.4) is 0 Å². The predicted octanol–water partition coefficient (Wildman–Crippen LogP) is 7.45. The predicted molar refractivity (Wildman–Crippen MR) is 114 cm³/mol. The molecule has 1 amide bonds. The topological polar surface area (TPSA) is 43.1 Å². The molecule has 0 saturated carbocycles. The Labute approximate surface area is 173 Å². The van der Waals surface area contributed by atoms with Crippen molar-refractivity contribution < 1.29 is 18.0 Å². The zero-order chi connectivity index (χ0) is 21.4. The average molecular weight is 412 g/mol. The summed E-state index contributed by atoms with van der Waals surface area (Å²) in [6, 6.07) is 8.24. The molecule has 5 heteroatoms. The van der Waals surface area contributed by atoms with Crippen LogP contribution in [0.15, 0.2) is 42.5 Å². The Kier molecular flexibility index (Phi) is 13.2. The van der Waals surface area contributed by atoms with E-state index < -0.39 is 12.1 Å². The summed E-state index contributed by atoms with van der Waals surface area (Å²) in [4.78, 5) is 10.6. The minimum absolute atomic E-state index is 0.169. The second kappa shape index (κ2) is 15.1. The van der Waals surface area contributed by atoms with Crippen LogP contribution in [0.4, 0.5) is 13.2 Å². The molecule has 2 N–H and O–H groups in total. The van der Waals surface area contributed by atoms with E-state index in [9.17, 15) is 18.0 Å². The lowest BCUT2D eigenvalue weighted by Gasteiger charge is -2.20. The van der Waals surface area contributed by atoms with Crippen molar-refractivity contribution in [2.75, 3.05) is 0 Å². The first-order valence-electron chi connectivity index (χ1n) is 11.0. The number of allylic oxidation sites excluding steroid dienone is 2. The summed E-state index contributed by atoms with van der Waals surface area (Å²) < 4.78 is 39.8. The molecule has 0 saturated heterocycles. The third-order valence-corrected chi connectivity index (χ3v) is 5.17. The maximum absolute atomic E-state index is 13.3. The van der Waals surface area contributed by atoms with Crippen LogP contribution < -0.4 is 5.73 Å². The van der Waals surface area contributed by atoms with Gasteiger partial charge in [0.25, 0.3) is 0 Å². The van der Waals surface area contributed by atoms with E-state index in [2.05, 4.69) is 12.2 Å². The first-order chi connectivity index (χ1) is 13.9. The molecule has 1 aromatic rings. The lowest BCUT2D eigenvalue weighted by Crippen LogP contribution is -2.20. The molecule has 2 nitrogen and oxygen atoms in total. The molecular formula is C24H36F3NO. The fourth-order valence-electron chi connectivity index (χ4n) is 3.50. The Morgan fingerprint density at radius 2 is 1.34 bits per heavy atom. The summed E-state index contributed by atoms with van der Waals surface area (Å²) in [5.74, 6) is -1.57. The van der Waals surface area contributed by atoms with Gasteiger partial charge in [-0.05, 0) is 44.1 Å². The normalized spacial score (nSPS) is 13.1. The average Bonchev–Trinajstić information content (AvgIpc) is 2.67. The third kappa shape index (κ3) is 13.1. The molecule has 1 unspecified atom stereocenters. The van der Waals surface area contributed by atoms with E-state index >= 15 is 0 Å². The Balaban J connectivity index is 2.02. The number of hydrogen-bond donors (Lipinski definition) is 1.